The Balaban J connectivity index is 2.25. The molecule has 0 radical (unpaired) electrons. The molecular weight excluding hydrogens is 347 g/mol. The first kappa shape index (κ1) is 16.9. The van der Waals surface area contributed by atoms with E-state index in [1.165, 1.54) is 12.1 Å². The van der Waals surface area contributed by atoms with Gasteiger partial charge in [0.2, 0.25) is 0 Å². The predicted molar refractivity (Wildman–Crippen MR) is 88.6 cm³/mol. The molecule has 0 aliphatic heterocycles. The summed E-state index contributed by atoms with van der Waals surface area (Å²) < 4.78 is 11.2. The van der Waals surface area contributed by atoms with Crippen molar-refractivity contribution in [2.45, 2.75) is 13.5 Å². The fraction of sp³-hybridized carbons (Fsp3) is 0.188. The Morgan fingerprint density at radius 3 is 2.36 bits per heavy atom. The molecule has 0 aliphatic carbocycles. The van der Waals surface area contributed by atoms with E-state index in [4.69, 9.17) is 44.3 Å². The van der Waals surface area contributed by atoms with E-state index in [0.717, 1.165) is 5.56 Å². The molecular formula is C16H13Cl3O3. The average Bonchev–Trinajstić information content (AvgIpc) is 2.48. The van der Waals surface area contributed by atoms with Crippen molar-refractivity contribution < 1.29 is 14.3 Å². The molecule has 0 atom stereocenters. The van der Waals surface area contributed by atoms with Crippen molar-refractivity contribution in [3.8, 4) is 11.5 Å². The molecule has 0 amide bonds. The van der Waals surface area contributed by atoms with Crippen LogP contribution in [0.4, 0.5) is 0 Å². The summed E-state index contributed by atoms with van der Waals surface area (Å²) in [4.78, 5) is 11.3. The number of ether oxygens (including phenoxy) is 2. The topological polar surface area (TPSA) is 35.5 Å². The van der Waals surface area contributed by atoms with E-state index in [1.807, 2.05) is 19.1 Å². The Kier molecular flexibility index (Phi) is 5.95. The Morgan fingerprint density at radius 1 is 1.09 bits per heavy atom. The fourth-order valence-corrected chi connectivity index (χ4v) is 2.32. The first-order chi connectivity index (χ1) is 10.5. The standard InChI is InChI=1S/C16H13Cl3O3/c1-2-21-14-8-11(16(19)20)7-13(18)15(14)22-9-10-3-5-12(17)6-4-10/h3-8H,2,9H2,1H3. The second kappa shape index (κ2) is 7.73. The van der Waals surface area contributed by atoms with Crippen LogP contribution in [0.1, 0.15) is 22.8 Å². The van der Waals surface area contributed by atoms with Crippen molar-refractivity contribution in [2.75, 3.05) is 6.61 Å². The molecule has 116 valence electrons. The quantitative estimate of drug-likeness (QED) is 0.652. The van der Waals surface area contributed by atoms with Gasteiger partial charge in [0.25, 0.3) is 5.24 Å². The van der Waals surface area contributed by atoms with Crippen molar-refractivity contribution in [1.82, 2.24) is 0 Å². The van der Waals surface area contributed by atoms with E-state index in [0.29, 0.717) is 29.7 Å². The zero-order chi connectivity index (χ0) is 16.1. The highest BCUT2D eigenvalue weighted by Crippen LogP contribution is 2.37. The summed E-state index contributed by atoms with van der Waals surface area (Å²) in [7, 11) is 0. The van der Waals surface area contributed by atoms with Gasteiger partial charge in [0.05, 0.1) is 11.6 Å². The van der Waals surface area contributed by atoms with Crippen molar-refractivity contribution in [3.05, 3.63) is 57.6 Å². The highest BCUT2D eigenvalue weighted by Gasteiger charge is 2.15. The Labute approximate surface area is 143 Å². The Hall–Kier alpha value is -1.42. The molecule has 2 aromatic rings. The number of rotatable bonds is 6. The van der Waals surface area contributed by atoms with Gasteiger partial charge in [-0.15, -0.1) is 0 Å². The van der Waals surface area contributed by atoms with E-state index < -0.39 is 5.24 Å². The molecule has 0 saturated heterocycles. The fourth-order valence-electron chi connectivity index (χ4n) is 1.82. The molecule has 0 aromatic heterocycles. The zero-order valence-electron chi connectivity index (χ0n) is 11.7. The van der Waals surface area contributed by atoms with Gasteiger partial charge in [-0.3, -0.25) is 4.79 Å². The van der Waals surface area contributed by atoms with Crippen molar-refractivity contribution in [3.63, 3.8) is 0 Å². The summed E-state index contributed by atoms with van der Waals surface area (Å²) in [6.45, 7) is 2.53. The number of hydrogen-bond acceptors (Lipinski definition) is 3. The number of carbonyl (C=O) groups excluding carboxylic acids is 1. The van der Waals surface area contributed by atoms with Crippen LogP contribution in [-0.4, -0.2) is 11.8 Å². The third-order valence-corrected chi connectivity index (χ3v) is 3.58. The Bertz CT molecular complexity index is 669. The average molecular weight is 360 g/mol. The van der Waals surface area contributed by atoms with Gasteiger partial charge in [0.1, 0.15) is 6.61 Å². The third-order valence-electron chi connectivity index (χ3n) is 2.83. The van der Waals surface area contributed by atoms with Crippen LogP contribution in [0.25, 0.3) is 0 Å². The normalized spacial score (nSPS) is 10.4. The Morgan fingerprint density at radius 2 is 1.77 bits per heavy atom. The lowest BCUT2D eigenvalue weighted by atomic mass is 10.2. The highest BCUT2D eigenvalue weighted by molar-refractivity contribution is 6.67. The van der Waals surface area contributed by atoms with Gasteiger partial charge in [-0.1, -0.05) is 35.3 Å². The molecule has 0 bridgehead atoms. The van der Waals surface area contributed by atoms with Gasteiger partial charge in [-0.2, -0.15) is 0 Å². The second-order valence-corrected chi connectivity index (χ2v) is 5.59. The van der Waals surface area contributed by atoms with Crippen LogP contribution in [0.3, 0.4) is 0 Å². The van der Waals surface area contributed by atoms with Crippen LogP contribution < -0.4 is 9.47 Å². The van der Waals surface area contributed by atoms with Crippen molar-refractivity contribution >= 4 is 40.0 Å². The van der Waals surface area contributed by atoms with Crippen molar-refractivity contribution in [1.29, 1.82) is 0 Å². The first-order valence-corrected chi connectivity index (χ1v) is 7.68. The van der Waals surface area contributed by atoms with Crippen LogP contribution in [0.2, 0.25) is 10.0 Å². The van der Waals surface area contributed by atoms with E-state index >= 15 is 0 Å². The van der Waals surface area contributed by atoms with Crippen LogP contribution in [-0.2, 0) is 6.61 Å². The van der Waals surface area contributed by atoms with Gasteiger partial charge < -0.3 is 9.47 Å². The van der Waals surface area contributed by atoms with Crippen LogP contribution in [0.15, 0.2) is 36.4 Å². The summed E-state index contributed by atoms with van der Waals surface area (Å²) in [5.74, 6) is 0.757. The molecule has 3 nitrogen and oxygen atoms in total. The summed E-state index contributed by atoms with van der Waals surface area (Å²) >= 11 is 17.5. The minimum atomic E-state index is -0.605. The molecule has 0 fully saturated rings. The van der Waals surface area contributed by atoms with Crippen LogP contribution in [0, 0.1) is 0 Å². The molecule has 2 aromatic carbocycles. The minimum Gasteiger partial charge on any atom is -0.490 e. The van der Waals surface area contributed by atoms with Crippen molar-refractivity contribution in [2.24, 2.45) is 0 Å². The highest BCUT2D eigenvalue weighted by atomic mass is 35.5. The third kappa shape index (κ3) is 4.29. The summed E-state index contributed by atoms with van der Waals surface area (Å²) in [6.07, 6.45) is 0. The maximum Gasteiger partial charge on any atom is 0.252 e. The van der Waals surface area contributed by atoms with Gasteiger partial charge in [-0.25, -0.2) is 0 Å². The zero-order valence-corrected chi connectivity index (χ0v) is 14.0. The molecule has 0 N–H and O–H groups in total. The lowest BCUT2D eigenvalue weighted by molar-refractivity contribution is 0.108. The number of halogens is 3. The molecule has 6 heteroatoms. The van der Waals surface area contributed by atoms with Gasteiger partial charge >= 0.3 is 0 Å². The molecule has 22 heavy (non-hydrogen) atoms. The van der Waals surface area contributed by atoms with Crippen LogP contribution >= 0.6 is 34.8 Å². The summed E-state index contributed by atoms with van der Waals surface area (Å²) in [5.41, 5.74) is 1.19. The molecule has 0 spiro atoms. The number of carbonyl (C=O) groups is 1. The maximum atomic E-state index is 11.3. The molecule has 0 aliphatic rings. The lowest BCUT2D eigenvalue weighted by Gasteiger charge is -2.14. The van der Waals surface area contributed by atoms with Gasteiger partial charge in [0, 0.05) is 10.6 Å². The molecule has 0 heterocycles. The first-order valence-electron chi connectivity index (χ1n) is 6.54. The molecule has 2 rings (SSSR count). The van der Waals surface area contributed by atoms with Crippen LogP contribution in [0.5, 0.6) is 11.5 Å². The monoisotopic (exact) mass is 358 g/mol. The second-order valence-electron chi connectivity index (χ2n) is 4.41. The maximum absolute atomic E-state index is 11.3. The largest absolute Gasteiger partial charge is 0.490 e. The van der Waals surface area contributed by atoms with E-state index in [-0.39, 0.29) is 10.6 Å². The van der Waals surface area contributed by atoms with Gasteiger partial charge in [-0.05, 0) is 48.4 Å². The van der Waals surface area contributed by atoms with E-state index in [2.05, 4.69) is 0 Å². The predicted octanol–water partition coefficient (Wildman–Crippen LogP) is 5.35. The smallest absolute Gasteiger partial charge is 0.252 e. The molecule has 0 unspecified atom stereocenters. The summed E-state index contributed by atoms with van der Waals surface area (Å²) in [5, 5.41) is 0.317. The lowest BCUT2D eigenvalue weighted by Crippen LogP contribution is -2.02. The molecule has 0 saturated carbocycles. The van der Waals surface area contributed by atoms with E-state index in [9.17, 15) is 4.79 Å². The van der Waals surface area contributed by atoms with Gasteiger partial charge in [0.15, 0.2) is 11.5 Å². The number of benzene rings is 2. The number of hydrogen-bond donors (Lipinski definition) is 0. The summed E-state index contributed by atoms with van der Waals surface area (Å²) in [6, 6.07) is 10.2. The van der Waals surface area contributed by atoms with E-state index in [1.54, 1.807) is 12.1 Å². The SMILES string of the molecule is CCOc1cc(C(=O)Cl)cc(Cl)c1OCc1ccc(Cl)cc1. The minimum absolute atomic E-state index is 0.258.